The average Bonchev–Trinajstić information content (AvgIpc) is 3.13. The van der Waals surface area contributed by atoms with Crippen molar-refractivity contribution >= 4 is 5.78 Å². The van der Waals surface area contributed by atoms with Crippen LogP contribution in [0.25, 0.3) is 0 Å². The molecule has 0 amide bonds. The number of ether oxygens (including phenoxy) is 1. The smallest absolute Gasteiger partial charge is 0.165 e. The molecule has 0 N–H and O–H groups in total. The lowest BCUT2D eigenvalue weighted by Gasteiger charge is -2.11. The van der Waals surface area contributed by atoms with Crippen molar-refractivity contribution in [2.75, 3.05) is 6.61 Å². The Balaban J connectivity index is 1.55. The van der Waals surface area contributed by atoms with Crippen molar-refractivity contribution in [1.29, 1.82) is 0 Å². The Morgan fingerprint density at radius 2 is 1.72 bits per heavy atom. The number of hydrogen-bond acceptors (Lipinski definition) is 2. The van der Waals surface area contributed by atoms with Crippen LogP contribution in [0, 0.1) is 11.8 Å². The molecule has 0 atom stereocenters. The molecule has 0 heterocycles. The number of ketones is 1. The standard InChI is InChI=1S/C16H20O2/c17-16(13-5-6-13)14-7-9-15(10-8-14)18-11-12-3-1-2-4-12/h7-10,12-13H,1-6,11H2. The van der Waals surface area contributed by atoms with Gasteiger partial charge in [-0.1, -0.05) is 12.8 Å². The number of Topliss-reactive ketones (excluding diaryl/α,β-unsaturated/α-hetero) is 1. The first kappa shape index (κ1) is 11.8. The second-order valence-corrected chi connectivity index (χ2v) is 5.62. The van der Waals surface area contributed by atoms with Crippen molar-refractivity contribution in [3.63, 3.8) is 0 Å². The van der Waals surface area contributed by atoms with Crippen molar-refractivity contribution < 1.29 is 9.53 Å². The van der Waals surface area contributed by atoms with Crippen molar-refractivity contribution in [2.45, 2.75) is 38.5 Å². The first-order valence-electron chi connectivity index (χ1n) is 7.10. The Hall–Kier alpha value is -1.31. The summed E-state index contributed by atoms with van der Waals surface area (Å²) in [5.74, 6) is 2.24. The van der Waals surface area contributed by atoms with Gasteiger partial charge in [0.05, 0.1) is 6.61 Å². The van der Waals surface area contributed by atoms with Crippen LogP contribution in [-0.2, 0) is 0 Å². The zero-order valence-corrected chi connectivity index (χ0v) is 10.7. The maximum Gasteiger partial charge on any atom is 0.165 e. The molecule has 0 saturated heterocycles. The van der Waals surface area contributed by atoms with E-state index in [0.717, 1.165) is 36.7 Å². The highest BCUT2D eigenvalue weighted by Crippen LogP contribution is 2.33. The molecule has 2 saturated carbocycles. The molecular formula is C16H20O2. The molecule has 96 valence electrons. The second kappa shape index (κ2) is 5.13. The fourth-order valence-electron chi connectivity index (χ4n) is 2.69. The summed E-state index contributed by atoms with van der Waals surface area (Å²) in [5.41, 5.74) is 0.839. The summed E-state index contributed by atoms with van der Waals surface area (Å²) in [7, 11) is 0. The van der Waals surface area contributed by atoms with Gasteiger partial charge in [-0.25, -0.2) is 0 Å². The molecule has 0 aromatic heterocycles. The Kier molecular flexibility index (Phi) is 3.35. The Morgan fingerprint density at radius 1 is 1.06 bits per heavy atom. The van der Waals surface area contributed by atoms with Crippen LogP contribution >= 0.6 is 0 Å². The average molecular weight is 244 g/mol. The van der Waals surface area contributed by atoms with Gasteiger partial charge in [0.15, 0.2) is 5.78 Å². The van der Waals surface area contributed by atoms with Gasteiger partial charge in [0.2, 0.25) is 0 Å². The van der Waals surface area contributed by atoms with E-state index in [0.29, 0.717) is 11.7 Å². The molecule has 0 spiro atoms. The third-order valence-electron chi connectivity index (χ3n) is 4.05. The second-order valence-electron chi connectivity index (χ2n) is 5.62. The lowest BCUT2D eigenvalue weighted by atomic mass is 10.1. The monoisotopic (exact) mass is 244 g/mol. The number of carbonyl (C=O) groups excluding carboxylic acids is 1. The number of carbonyl (C=O) groups is 1. The van der Waals surface area contributed by atoms with Gasteiger partial charge in [-0.3, -0.25) is 4.79 Å². The van der Waals surface area contributed by atoms with Gasteiger partial charge in [0.1, 0.15) is 5.75 Å². The van der Waals surface area contributed by atoms with Crippen LogP contribution in [0.5, 0.6) is 5.75 Å². The van der Waals surface area contributed by atoms with Crippen LogP contribution in [0.15, 0.2) is 24.3 Å². The normalized spacial score (nSPS) is 20.0. The van der Waals surface area contributed by atoms with Crippen molar-refractivity contribution in [3.05, 3.63) is 29.8 Å². The van der Waals surface area contributed by atoms with Crippen LogP contribution in [-0.4, -0.2) is 12.4 Å². The highest BCUT2D eigenvalue weighted by atomic mass is 16.5. The van der Waals surface area contributed by atoms with E-state index in [1.165, 1.54) is 25.7 Å². The predicted octanol–water partition coefficient (Wildman–Crippen LogP) is 3.85. The van der Waals surface area contributed by atoms with Crippen molar-refractivity contribution in [3.8, 4) is 5.75 Å². The minimum atomic E-state index is 0.301. The number of benzene rings is 1. The third kappa shape index (κ3) is 2.74. The molecule has 3 rings (SSSR count). The number of rotatable bonds is 5. The topological polar surface area (TPSA) is 26.3 Å². The van der Waals surface area contributed by atoms with Gasteiger partial charge >= 0.3 is 0 Å². The van der Waals surface area contributed by atoms with Crippen LogP contribution in [0.3, 0.4) is 0 Å². The van der Waals surface area contributed by atoms with Crippen LogP contribution < -0.4 is 4.74 Å². The zero-order valence-electron chi connectivity index (χ0n) is 10.7. The fourth-order valence-corrected chi connectivity index (χ4v) is 2.69. The molecule has 1 aromatic rings. The highest BCUT2D eigenvalue weighted by Gasteiger charge is 2.30. The molecule has 0 radical (unpaired) electrons. The summed E-state index contributed by atoms with van der Waals surface area (Å²) in [4.78, 5) is 11.8. The SMILES string of the molecule is O=C(c1ccc(OCC2CCCC2)cc1)C1CC1. The van der Waals surface area contributed by atoms with Gasteiger partial charge < -0.3 is 4.74 Å². The largest absolute Gasteiger partial charge is 0.493 e. The van der Waals surface area contributed by atoms with Crippen molar-refractivity contribution in [2.24, 2.45) is 11.8 Å². The zero-order chi connectivity index (χ0) is 12.4. The van der Waals surface area contributed by atoms with E-state index in [1.54, 1.807) is 0 Å². The molecule has 0 aliphatic heterocycles. The van der Waals surface area contributed by atoms with Crippen molar-refractivity contribution in [1.82, 2.24) is 0 Å². The molecule has 2 heteroatoms. The van der Waals surface area contributed by atoms with Gasteiger partial charge in [-0.15, -0.1) is 0 Å². The van der Waals surface area contributed by atoms with E-state index in [1.807, 2.05) is 24.3 Å². The molecule has 2 aliphatic rings. The maximum atomic E-state index is 11.8. The van der Waals surface area contributed by atoms with Gasteiger partial charge in [0.25, 0.3) is 0 Å². The summed E-state index contributed by atoms with van der Waals surface area (Å²) >= 11 is 0. The molecular weight excluding hydrogens is 224 g/mol. The summed E-state index contributed by atoms with van der Waals surface area (Å²) in [6, 6.07) is 7.68. The lowest BCUT2D eigenvalue weighted by molar-refractivity contribution is 0.0967. The molecule has 0 unspecified atom stereocenters. The predicted molar refractivity (Wildman–Crippen MR) is 70.9 cm³/mol. The molecule has 2 fully saturated rings. The first-order valence-corrected chi connectivity index (χ1v) is 7.10. The molecule has 2 nitrogen and oxygen atoms in total. The van der Waals surface area contributed by atoms with E-state index in [4.69, 9.17) is 4.74 Å². The van der Waals surface area contributed by atoms with Gasteiger partial charge in [0, 0.05) is 11.5 Å². The van der Waals surface area contributed by atoms with E-state index in [-0.39, 0.29) is 0 Å². The minimum Gasteiger partial charge on any atom is -0.493 e. The maximum absolute atomic E-state index is 11.8. The Labute approximate surface area is 108 Å². The van der Waals surface area contributed by atoms with Crippen LogP contribution in [0.2, 0.25) is 0 Å². The minimum absolute atomic E-state index is 0.301. The third-order valence-corrected chi connectivity index (χ3v) is 4.05. The first-order chi connectivity index (χ1) is 8.83. The summed E-state index contributed by atoms with van der Waals surface area (Å²) in [6.45, 7) is 0.829. The summed E-state index contributed by atoms with van der Waals surface area (Å²) in [6.07, 6.45) is 7.44. The highest BCUT2D eigenvalue weighted by molar-refractivity contribution is 5.99. The molecule has 0 bridgehead atoms. The Bertz CT molecular complexity index is 411. The molecule has 1 aromatic carbocycles. The van der Waals surface area contributed by atoms with Gasteiger partial charge in [-0.05, 0) is 55.9 Å². The lowest BCUT2D eigenvalue weighted by Crippen LogP contribution is -2.08. The van der Waals surface area contributed by atoms with E-state index in [9.17, 15) is 4.79 Å². The number of hydrogen-bond donors (Lipinski definition) is 0. The quantitative estimate of drug-likeness (QED) is 0.735. The summed E-state index contributed by atoms with van der Waals surface area (Å²) in [5, 5.41) is 0. The van der Waals surface area contributed by atoms with Gasteiger partial charge in [-0.2, -0.15) is 0 Å². The van der Waals surface area contributed by atoms with Crippen LogP contribution in [0.4, 0.5) is 0 Å². The fraction of sp³-hybridized carbons (Fsp3) is 0.562. The molecule has 2 aliphatic carbocycles. The molecule has 18 heavy (non-hydrogen) atoms. The Morgan fingerprint density at radius 3 is 2.33 bits per heavy atom. The van der Waals surface area contributed by atoms with Crippen LogP contribution in [0.1, 0.15) is 48.9 Å². The van der Waals surface area contributed by atoms with E-state index >= 15 is 0 Å². The summed E-state index contributed by atoms with van der Waals surface area (Å²) < 4.78 is 5.79. The van der Waals surface area contributed by atoms with E-state index in [2.05, 4.69) is 0 Å². The van der Waals surface area contributed by atoms with E-state index < -0.39 is 0 Å².